The third-order valence-corrected chi connectivity index (χ3v) is 3.10. The Morgan fingerprint density at radius 2 is 1.14 bits per heavy atom. The summed E-state index contributed by atoms with van der Waals surface area (Å²) >= 11 is 0. The molecule has 0 aliphatic carbocycles. The molecule has 0 saturated heterocycles. The molecule has 0 amide bonds. The number of allylic oxidation sites excluding steroid dienone is 1. The molecule has 0 aliphatic heterocycles. The highest BCUT2D eigenvalue weighted by Gasteiger charge is 2.90. The van der Waals surface area contributed by atoms with Crippen LogP contribution >= 0.6 is 0 Å². The maximum absolute atomic E-state index is 13.5. The lowest BCUT2D eigenvalue weighted by molar-refractivity contribution is -0.436. The van der Waals surface area contributed by atoms with Crippen molar-refractivity contribution in [3.05, 3.63) is 11.6 Å². The molecule has 0 fully saturated rings. The summed E-state index contributed by atoms with van der Waals surface area (Å²) in [5.74, 6) is -40.7. The van der Waals surface area contributed by atoms with Crippen LogP contribution in [0, 0.1) is 0 Å². The first-order valence-electron chi connectivity index (χ1n) is 6.56. The van der Waals surface area contributed by atoms with Crippen LogP contribution in [0.15, 0.2) is 11.6 Å². The highest BCUT2D eigenvalue weighted by molar-refractivity contribution is 5.86. The Kier molecular flexibility index (Phi) is 6.81. The van der Waals surface area contributed by atoms with E-state index in [1.807, 2.05) is 0 Å². The molecule has 3 nitrogen and oxygen atoms in total. The predicted molar refractivity (Wildman–Crippen MR) is 62.8 cm³/mol. The minimum Gasteiger partial charge on any atom is -0.478 e. The first-order valence-corrected chi connectivity index (χ1v) is 6.56. The first kappa shape index (κ1) is 26.3. The second-order valence-electron chi connectivity index (χ2n) is 5.45. The normalized spacial score (nSPS) is 16.9. The number of hydrogen-bond acceptors (Lipinski definition) is 2. The van der Waals surface area contributed by atoms with E-state index in [0.29, 0.717) is 6.92 Å². The number of hydrogen-bond donors (Lipinski definition) is 2. The van der Waals surface area contributed by atoms with E-state index in [2.05, 4.69) is 0 Å². The van der Waals surface area contributed by atoms with Gasteiger partial charge in [-0.15, -0.1) is 0 Å². The van der Waals surface area contributed by atoms with Gasteiger partial charge in [0.05, 0.1) is 6.10 Å². The standard InChI is InChI=1S/C12H9F13O3/c1-4(26)2-5(6(27)28)3-7(13,14)8(15,16)9(17,18)10(19,20)11(21,22)12(23,24)25/h3-4,26H,2H2,1H3,(H,27,28). The van der Waals surface area contributed by atoms with Gasteiger partial charge in [0.15, 0.2) is 0 Å². The molecular weight excluding hydrogens is 439 g/mol. The molecule has 0 radical (unpaired) electrons. The SMILES string of the molecule is CC(O)CC(=CC(F)(F)C(F)(F)C(F)(F)C(F)(F)C(F)(F)C(F)(F)F)C(=O)O. The van der Waals surface area contributed by atoms with Gasteiger partial charge in [0.1, 0.15) is 0 Å². The summed E-state index contributed by atoms with van der Waals surface area (Å²) in [6.07, 6.45) is -12.3. The number of aliphatic hydroxyl groups excluding tert-OH is 1. The lowest BCUT2D eigenvalue weighted by Crippen LogP contribution is -2.69. The third-order valence-electron chi connectivity index (χ3n) is 3.10. The van der Waals surface area contributed by atoms with E-state index in [9.17, 15) is 61.9 Å². The van der Waals surface area contributed by atoms with Crippen LogP contribution in [0.4, 0.5) is 57.1 Å². The average Bonchev–Trinajstić information content (AvgIpc) is 2.43. The molecule has 16 heteroatoms. The van der Waals surface area contributed by atoms with Gasteiger partial charge in [-0.3, -0.25) is 0 Å². The zero-order valence-corrected chi connectivity index (χ0v) is 13.1. The van der Waals surface area contributed by atoms with E-state index in [1.54, 1.807) is 0 Å². The summed E-state index contributed by atoms with van der Waals surface area (Å²) in [6, 6.07) is 0. The van der Waals surface area contributed by atoms with Crippen molar-refractivity contribution in [2.24, 2.45) is 0 Å². The monoisotopic (exact) mass is 448 g/mol. The highest BCUT2D eigenvalue weighted by atomic mass is 19.4. The molecule has 2 N–H and O–H groups in total. The van der Waals surface area contributed by atoms with Crippen molar-refractivity contribution in [2.45, 2.75) is 55.2 Å². The molecular formula is C12H9F13O3. The number of carbonyl (C=O) groups is 1. The lowest BCUT2D eigenvalue weighted by atomic mass is 9.92. The van der Waals surface area contributed by atoms with Crippen LogP contribution in [0.3, 0.4) is 0 Å². The highest BCUT2D eigenvalue weighted by Crippen LogP contribution is 2.60. The summed E-state index contributed by atoms with van der Waals surface area (Å²) in [5, 5.41) is 17.3. The van der Waals surface area contributed by atoms with Crippen LogP contribution in [0.1, 0.15) is 13.3 Å². The van der Waals surface area contributed by atoms with Crippen molar-refractivity contribution < 1.29 is 72.1 Å². The maximum Gasteiger partial charge on any atom is 0.460 e. The largest absolute Gasteiger partial charge is 0.478 e. The van der Waals surface area contributed by atoms with Crippen LogP contribution in [-0.4, -0.2) is 58.1 Å². The van der Waals surface area contributed by atoms with Gasteiger partial charge >= 0.3 is 41.8 Å². The second kappa shape index (κ2) is 7.26. The minimum atomic E-state index is -8.06. The first-order chi connectivity index (χ1) is 12.0. The fourth-order valence-electron chi connectivity index (χ4n) is 1.62. The quantitative estimate of drug-likeness (QED) is 0.425. The molecule has 0 bridgehead atoms. The van der Waals surface area contributed by atoms with Gasteiger partial charge in [-0.05, 0) is 6.92 Å². The molecule has 0 heterocycles. The van der Waals surface area contributed by atoms with E-state index in [-0.39, 0.29) is 0 Å². The Labute approximate surface area is 146 Å². The van der Waals surface area contributed by atoms with Gasteiger partial charge in [0, 0.05) is 18.1 Å². The zero-order chi connectivity index (χ0) is 23.1. The van der Waals surface area contributed by atoms with Gasteiger partial charge in [0.25, 0.3) is 0 Å². The molecule has 28 heavy (non-hydrogen) atoms. The Bertz CT molecular complexity index is 619. The maximum atomic E-state index is 13.5. The molecule has 0 aromatic heterocycles. The van der Waals surface area contributed by atoms with Gasteiger partial charge in [0.2, 0.25) is 0 Å². The van der Waals surface area contributed by atoms with Gasteiger partial charge in [-0.1, -0.05) is 0 Å². The van der Waals surface area contributed by atoms with E-state index in [1.165, 1.54) is 0 Å². The minimum absolute atomic E-state index is 0.708. The molecule has 166 valence electrons. The van der Waals surface area contributed by atoms with Crippen molar-refractivity contribution in [3.8, 4) is 0 Å². The fourth-order valence-corrected chi connectivity index (χ4v) is 1.62. The molecule has 0 aromatic carbocycles. The predicted octanol–water partition coefficient (Wildman–Crippen LogP) is 4.51. The Balaban J connectivity index is 6.50. The Morgan fingerprint density at radius 1 is 0.786 bits per heavy atom. The zero-order valence-electron chi connectivity index (χ0n) is 13.1. The van der Waals surface area contributed by atoms with Crippen LogP contribution in [0.25, 0.3) is 0 Å². The summed E-state index contributed by atoms with van der Waals surface area (Å²) in [5.41, 5.74) is -1.93. The number of alkyl halides is 13. The number of carboxylic acids is 1. The fraction of sp³-hybridized carbons (Fsp3) is 0.750. The van der Waals surface area contributed by atoms with Gasteiger partial charge in [-0.2, -0.15) is 57.1 Å². The van der Waals surface area contributed by atoms with Crippen LogP contribution in [-0.2, 0) is 4.79 Å². The summed E-state index contributed by atoms with van der Waals surface area (Å²) in [6.45, 7) is 0.708. The number of rotatable bonds is 8. The van der Waals surface area contributed by atoms with E-state index >= 15 is 0 Å². The van der Waals surface area contributed by atoms with Crippen LogP contribution < -0.4 is 0 Å². The van der Waals surface area contributed by atoms with Crippen molar-refractivity contribution in [1.29, 1.82) is 0 Å². The van der Waals surface area contributed by atoms with Crippen molar-refractivity contribution >= 4 is 5.97 Å². The van der Waals surface area contributed by atoms with Gasteiger partial charge in [-0.25, -0.2) is 4.79 Å². The molecule has 1 unspecified atom stereocenters. The van der Waals surface area contributed by atoms with E-state index < -0.39 is 65.9 Å². The van der Waals surface area contributed by atoms with E-state index in [4.69, 9.17) is 10.2 Å². The smallest absolute Gasteiger partial charge is 0.460 e. The number of halogens is 13. The second-order valence-corrected chi connectivity index (χ2v) is 5.45. The topological polar surface area (TPSA) is 57.5 Å². The molecule has 0 aliphatic rings. The average molecular weight is 448 g/mol. The number of carboxylic acid groups (broad SMARTS) is 1. The molecule has 0 aromatic rings. The van der Waals surface area contributed by atoms with Crippen LogP contribution in [0.2, 0.25) is 0 Å². The molecule has 0 saturated carbocycles. The summed E-state index contributed by atoms with van der Waals surface area (Å²) < 4.78 is 167. The molecule has 1 atom stereocenters. The number of aliphatic carboxylic acids is 1. The third kappa shape index (κ3) is 4.15. The lowest BCUT2D eigenvalue weighted by Gasteiger charge is -2.39. The summed E-state index contributed by atoms with van der Waals surface area (Å²) in [7, 11) is 0. The van der Waals surface area contributed by atoms with Gasteiger partial charge < -0.3 is 10.2 Å². The van der Waals surface area contributed by atoms with Crippen molar-refractivity contribution in [1.82, 2.24) is 0 Å². The van der Waals surface area contributed by atoms with Crippen LogP contribution in [0.5, 0.6) is 0 Å². The van der Waals surface area contributed by atoms with Crippen molar-refractivity contribution in [2.75, 3.05) is 0 Å². The van der Waals surface area contributed by atoms with Crippen molar-refractivity contribution in [3.63, 3.8) is 0 Å². The van der Waals surface area contributed by atoms with E-state index in [0.717, 1.165) is 0 Å². The number of aliphatic hydroxyl groups is 1. The molecule has 0 spiro atoms. The molecule has 0 rings (SSSR count). The summed E-state index contributed by atoms with van der Waals surface area (Å²) in [4.78, 5) is 10.6. The Hall–Kier alpha value is -1.74. The Morgan fingerprint density at radius 3 is 1.43 bits per heavy atom.